The van der Waals surface area contributed by atoms with Gasteiger partial charge in [-0.1, -0.05) is 133 Å². The zero-order chi connectivity index (χ0) is 37.5. The molecule has 0 atom stereocenters. The molecule has 0 spiro atoms. The number of benzene rings is 8. The quantitative estimate of drug-likeness (QED) is 0.177. The van der Waals surface area contributed by atoms with Crippen LogP contribution in [0.15, 0.2) is 192 Å². The second-order valence-corrected chi connectivity index (χ2v) is 14.4. The summed E-state index contributed by atoms with van der Waals surface area (Å²) in [6, 6.07) is 65.3. The van der Waals surface area contributed by atoms with E-state index < -0.39 is 0 Å². The van der Waals surface area contributed by atoms with E-state index in [4.69, 9.17) is 19.4 Å². The van der Waals surface area contributed by atoms with Crippen molar-refractivity contribution in [3.63, 3.8) is 0 Å². The number of nitrogens with zero attached hydrogens (tertiary/aromatic N) is 5. The van der Waals surface area contributed by atoms with Crippen LogP contribution in [0.25, 0.3) is 111 Å². The van der Waals surface area contributed by atoms with Gasteiger partial charge in [0.05, 0.1) is 38.5 Å². The van der Waals surface area contributed by atoms with Crippen LogP contribution in [0.1, 0.15) is 0 Å². The number of furan rings is 1. The summed E-state index contributed by atoms with van der Waals surface area (Å²) < 4.78 is 11.6. The molecular weight excluding hydrogens is 699 g/mol. The summed E-state index contributed by atoms with van der Waals surface area (Å²) in [6.07, 6.45) is 0. The molecule has 0 aliphatic heterocycles. The van der Waals surface area contributed by atoms with Crippen molar-refractivity contribution in [3.8, 4) is 45.5 Å². The molecule has 0 amide bonds. The normalized spacial score (nSPS) is 11.9. The van der Waals surface area contributed by atoms with E-state index >= 15 is 0 Å². The SMILES string of the molecule is c1ccc(-c2nc(-c3ccccc3)nc(-c3cccc4c5ccc6oc7cccc(-n8c9ccccc9c9ccccc98)c7c6c5n(-c5ccccc5)c34)n2)cc1. The Hall–Kier alpha value is -7.83. The molecule has 0 saturated carbocycles. The van der Waals surface area contributed by atoms with Crippen LogP contribution in [-0.2, 0) is 0 Å². The van der Waals surface area contributed by atoms with E-state index in [1.54, 1.807) is 0 Å². The first kappa shape index (κ1) is 31.5. The standard InChI is InChI=1S/C51H31N5O/c1-4-16-32(17-5-1)49-52-50(33-18-6-2-7-19-33)54-51(53-49)39-25-14-24-37-38-30-31-44-46(48(38)55(47(37)39)34-20-8-3-9-21-34)45-42(28-15-29-43(45)57-44)56-40-26-12-10-22-35(40)36-23-11-13-27-41(36)56/h1-31H. The van der Waals surface area contributed by atoms with Crippen LogP contribution in [0.4, 0.5) is 0 Å². The molecule has 4 aromatic heterocycles. The van der Waals surface area contributed by atoms with Crippen LogP contribution in [0.2, 0.25) is 0 Å². The smallest absolute Gasteiger partial charge is 0.166 e. The number of hydrogen-bond acceptors (Lipinski definition) is 4. The third-order valence-corrected chi connectivity index (χ3v) is 11.2. The highest BCUT2D eigenvalue weighted by molar-refractivity contribution is 6.27. The largest absolute Gasteiger partial charge is 0.456 e. The van der Waals surface area contributed by atoms with E-state index in [2.05, 4.69) is 137 Å². The third-order valence-electron chi connectivity index (χ3n) is 11.2. The van der Waals surface area contributed by atoms with Gasteiger partial charge >= 0.3 is 0 Å². The second kappa shape index (κ2) is 12.3. The van der Waals surface area contributed by atoms with Crippen LogP contribution < -0.4 is 0 Å². The fourth-order valence-electron chi connectivity index (χ4n) is 8.75. The maximum absolute atomic E-state index is 6.79. The van der Waals surface area contributed by atoms with Crippen molar-refractivity contribution < 1.29 is 4.42 Å². The lowest BCUT2D eigenvalue weighted by Gasteiger charge is -2.13. The van der Waals surface area contributed by atoms with E-state index in [0.29, 0.717) is 17.5 Å². The fourth-order valence-corrected chi connectivity index (χ4v) is 8.75. The predicted octanol–water partition coefficient (Wildman–Crippen LogP) is 13.0. The Kier molecular flexibility index (Phi) is 6.83. The molecule has 0 bridgehead atoms. The Balaban J connectivity index is 1.23. The van der Waals surface area contributed by atoms with Gasteiger partial charge in [-0.15, -0.1) is 0 Å². The molecule has 6 nitrogen and oxygen atoms in total. The molecule has 0 fully saturated rings. The summed E-state index contributed by atoms with van der Waals surface area (Å²) >= 11 is 0. The van der Waals surface area contributed by atoms with Gasteiger partial charge in [0.2, 0.25) is 0 Å². The van der Waals surface area contributed by atoms with Gasteiger partial charge in [0.1, 0.15) is 11.2 Å². The number of para-hydroxylation sites is 4. The first-order valence-electron chi connectivity index (χ1n) is 19.1. The summed E-state index contributed by atoms with van der Waals surface area (Å²) in [4.78, 5) is 15.4. The van der Waals surface area contributed by atoms with Crippen molar-refractivity contribution in [2.24, 2.45) is 0 Å². The number of fused-ring (bicyclic) bond motifs is 10. The Morgan fingerprint density at radius 3 is 1.54 bits per heavy atom. The van der Waals surface area contributed by atoms with Crippen LogP contribution in [0.5, 0.6) is 0 Å². The monoisotopic (exact) mass is 729 g/mol. The molecule has 12 aromatic rings. The predicted molar refractivity (Wildman–Crippen MR) is 232 cm³/mol. The van der Waals surface area contributed by atoms with Crippen molar-refractivity contribution in [2.75, 3.05) is 0 Å². The minimum atomic E-state index is 0.604. The van der Waals surface area contributed by atoms with Crippen LogP contribution in [0, 0.1) is 0 Å². The van der Waals surface area contributed by atoms with Gasteiger partial charge in [0.25, 0.3) is 0 Å². The average molecular weight is 730 g/mol. The van der Waals surface area contributed by atoms with Crippen molar-refractivity contribution in [1.29, 1.82) is 0 Å². The first-order chi connectivity index (χ1) is 28.3. The number of hydrogen-bond donors (Lipinski definition) is 0. The lowest BCUT2D eigenvalue weighted by molar-refractivity contribution is 0.669. The zero-order valence-electron chi connectivity index (χ0n) is 30.5. The topological polar surface area (TPSA) is 61.7 Å². The highest BCUT2D eigenvalue weighted by Crippen LogP contribution is 2.46. The molecule has 266 valence electrons. The summed E-state index contributed by atoms with van der Waals surface area (Å²) in [5.41, 5.74) is 10.9. The minimum Gasteiger partial charge on any atom is -0.456 e. The van der Waals surface area contributed by atoms with Crippen molar-refractivity contribution in [2.45, 2.75) is 0 Å². The first-order valence-corrected chi connectivity index (χ1v) is 19.1. The Labute approximate surface area is 326 Å². The molecule has 0 radical (unpaired) electrons. The zero-order valence-corrected chi connectivity index (χ0v) is 30.5. The number of rotatable bonds is 5. The molecular formula is C51H31N5O. The summed E-state index contributed by atoms with van der Waals surface area (Å²) in [6.45, 7) is 0. The van der Waals surface area contributed by atoms with Gasteiger partial charge in [-0.3, -0.25) is 0 Å². The van der Waals surface area contributed by atoms with E-state index in [1.165, 1.54) is 10.8 Å². The molecule has 0 unspecified atom stereocenters. The molecule has 0 N–H and O–H groups in total. The minimum absolute atomic E-state index is 0.604. The summed E-state index contributed by atoms with van der Waals surface area (Å²) in [5.74, 6) is 1.85. The molecule has 0 saturated heterocycles. The molecule has 6 heteroatoms. The van der Waals surface area contributed by atoms with Crippen LogP contribution >= 0.6 is 0 Å². The molecule has 12 rings (SSSR count). The van der Waals surface area contributed by atoms with E-state index in [1.807, 2.05) is 60.7 Å². The second-order valence-electron chi connectivity index (χ2n) is 14.4. The Morgan fingerprint density at radius 2 is 0.877 bits per heavy atom. The van der Waals surface area contributed by atoms with E-state index in [-0.39, 0.29) is 0 Å². The molecule has 0 aliphatic carbocycles. The van der Waals surface area contributed by atoms with Crippen molar-refractivity contribution in [3.05, 3.63) is 188 Å². The van der Waals surface area contributed by atoms with Crippen LogP contribution in [0.3, 0.4) is 0 Å². The summed E-state index contributed by atoms with van der Waals surface area (Å²) in [7, 11) is 0. The third kappa shape index (κ3) is 4.74. The Morgan fingerprint density at radius 1 is 0.351 bits per heavy atom. The van der Waals surface area contributed by atoms with E-state index in [0.717, 1.165) is 82.8 Å². The van der Waals surface area contributed by atoms with Crippen LogP contribution in [-0.4, -0.2) is 24.1 Å². The van der Waals surface area contributed by atoms with Gasteiger partial charge in [-0.2, -0.15) is 0 Å². The lowest BCUT2D eigenvalue weighted by atomic mass is 10.0. The fraction of sp³-hybridized carbons (Fsp3) is 0. The molecule has 0 aliphatic rings. The molecule has 57 heavy (non-hydrogen) atoms. The lowest BCUT2D eigenvalue weighted by Crippen LogP contribution is -2.02. The van der Waals surface area contributed by atoms with E-state index in [9.17, 15) is 0 Å². The van der Waals surface area contributed by atoms with Gasteiger partial charge in [-0.25, -0.2) is 15.0 Å². The summed E-state index contributed by atoms with van der Waals surface area (Å²) in [5, 5.41) is 6.75. The van der Waals surface area contributed by atoms with Crippen molar-refractivity contribution >= 4 is 65.6 Å². The van der Waals surface area contributed by atoms with Gasteiger partial charge in [0.15, 0.2) is 17.5 Å². The average Bonchev–Trinajstić information content (AvgIpc) is 3.95. The Bertz CT molecular complexity index is 3400. The molecule has 4 heterocycles. The highest BCUT2D eigenvalue weighted by atomic mass is 16.3. The van der Waals surface area contributed by atoms with Gasteiger partial charge in [0, 0.05) is 43.9 Å². The maximum atomic E-state index is 6.79. The maximum Gasteiger partial charge on any atom is 0.166 e. The van der Waals surface area contributed by atoms with Crippen molar-refractivity contribution in [1.82, 2.24) is 24.1 Å². The van der Waals surface area contributed by atoms with Gasteiger partial charge in [-0.05, 0) is 54.6 Å². The highest BCUT2D eigenvalue weighted by Gasteiger charge is 2.25. The van der Waals surface area contributed by atoms with Gasteiger partial charge < -0.3 is 13.6 Å². The molecule has 8 aromatic carbocycles. The number of aromatic nitrogens is 5.